The number of aromatic nitrogens is 1. The Hall–Kier alpha value is -3.13. The van der Waals surface area contributed by atoms with E-state index in [1.54, 1.807) is 37.6 Å². The second-order valence-electron chi connectivity index (χ2n) is 9.19. The number of carboxylic acid groups (broad SMARTS) is 1. The maximum atomic E-state index is 13.7. The first-order valence-corrected chi connectivity index (χ1v) is 11.3. The summed E-state index contributed by atoms with van der Waals surface area (Å²) in [5.41, 5.74) is 2.34. The average Bonchev–Trinajstić information content (AvgIpc) is 3.71. The van der Waals surface area contributed by atoms with Crippen LogP contribution in [-0.4, -0.2) is 29.7 Å². The Bertz CT molecular complexity index is 1240. The van der Waals surface area contributed by atoms with Crippen LogP contribution in [0.2, 0.25) is 0 Å². The molecular weight excluding hydrogens is 445 g/mol. The molecule has 0 radical (unpaired) electrons. The van der Waals surface area contributed by atoms with E-state index in [-0.39, 0.29) is 17.9 Å². The Morgan fingerprint density at radius 3 is 2.53 bits per heavy atom. The van der Waals surface area contributed by atoms with Gasteiger partial charge in [-0.05, 0) is 48.8 Å². The van der Waals surface area contributed by atoms with E-state index < -0.39 is 23.6 Å². The van der Waals surface area contributed by atoms with Gasteiger partial charge in [0.2, 0.25) is 0 Å². The first kappa shape index (κ1) is 22.7. The summed E-state index contributed by atoms with van der Waals surface area (Å²) in [5, 5.41) is 10.0. The van der Waals surface area contributed by atoms with E-state index >= 15 is 0 Å². The zero-order valence-electron chi connectivity index (χ0n) is 18.7. The quantitative estimate of drug-likeness (QED) is 0.429. The molecule has 2 aliphatic carbocycles. The molecule has 5 rings (SSSR count). The lowest BCUT2D eigenvalue weighted by Crippen LogP contribution is -2.21. The minimum absolute atomic E-state index is 0.138. The van der Waals surface area contributed by atoms with E-state index in [4.69, 9.17) is 4.74 Å². The Kier molecular flexibility index (Phi) is 5.72. The summed E-state index contributed by atoms with van der Waals surface area (Å²) >= 11 is 0. The highest BCUT2D eigenvalue weighted by Crippen LogP contribution is 2.49. The summed E-state index contributed by atoms with van der Waals surface area (Å²) in [6.45, 7) is 0.952. The van der Waals surface area contributed by atoms with E-state index in [1.807, 2.05) is 11.0 Å². The molecule has 2 saturated carbocycles. The van der Waals surface area contributed by atoms with Crippen LogP contribution >= 0.6 is 0 Å². The van der Waals surface area contributed by atoms with Crippen LogP contribution < -0.4 is 4.90 Å². The van der Waals surface area contributed by atoms with E-state index in [9.17, 15) is 23.1 Å². The molecule has 8 heteroatoms. The fraction of sp³-hybridized carbons (Fsp3) is 0.385. The molecular formula is C26H25F3N2O3. The van der Waals surface area contributed by atoms with Crippen molar-refractivity contribution in [3.05, 3.63) is 65.5 Å². The first-order chi connectivity index (χ1) is 16.3. The first-order valence-electron chi connectivity index (χ1n) is 11.3. The average molecular weight is 470 g/mol. The molecule has 2 aromatic carbocycles. The van der Waals surface area contributed by atoms with Gasteiger partial charge in [-0.3, -0.25) is 9.78 Å². The number of alkyl halides is 3. The molecule has 0 spiro atoms. The molecule has 1 heterocycles. The van der Waals surface area contributed by atoms with Gasteiger partial charge in [-0.25, -0.2) is 0 Å². The monoisotopic (exact) mass is 470 g/mol. The van der Waals surface area contributed by atoms with E-state index in [2.05, 4.69) is 4.98 Å². The fourth-order valence-electron chi connectivity index (χ4n) is 4.70. The van der Waals surface area contributed by atoms with Crippen LogP contribution in [0.15, 0.2) is 48.7 Å². The van der Waals surface area contributed by atoms with Crippen LogP contribution in [0.1, 0.15) is 42.0 Å². The summed E-state index contributed by atoms with van der Waals surface area (Å²) < 4.78 is 46.4. The molecule has 0 amide bonds. The summed E-state index contributed by atoms with van der Waals surface area (Å²) in [4.78, 5) is 18.1. The van der Waals surface area contributed by atoms with E-state index in [1.165, 1.54) is 6.07 Å². The number of hydrogen-bond donors (Lipinski definition) is 1. The standard InChI is InChI=1S/C26H25F3N2O3/c1-34-14-16-10-17(12-30-24(16)20-11-21(20)25(32)33)31(13-15-6-7-15)23-9-8-22(26(27,28)29)18-4-2-3-5-19(18)23/h2-5,8-10,12,15,20-21H,6-7,11,13-14H2,1H3,(H,32,33). The molecule has 2 unspecified atom stereocenters. The number of rotatable bonds is 8. The summed E-state index contributed by atoms with van der Waals surface area (Å²) in [6, 6.07) is 11.2. The summed E-state index contributed by atoms with van der Waals surface area (Å²) in [6.07, 6.45) is -0.0325. The van der Waals surface area contributed by atoms with Crippen LogP contribution in [-0.2, 0) is 22.3 Å². The molecule has 1 N–H and O–H groups in total. The molecule has 0 bridgehead atoms. The number of anilines is 2. The Morgan fingerprint density at radius 1 is 1.18 bits per heavy atom. The fourth-order valence-corrected chi connectivity index (χ4v) is 4.70. The lowest BCUT2D eigenvalue weighted by molar-refractivity contribution is -0.138. The van der Waals surface area contributed by atoms with Crippen molar-refractivity contribution in [3.8, 4) is 0 Å². The zero-order valence-corrected chi connectivity index (χ0v) is 18.7. The van der Waals surface area contributed by atoms with Gasteiger partial charge in [0.15, 0.2) is 0 Å². The number of nitrogens with zero attached hydrogens (tertiary/aromatic N) is 2. The van der Waals surface area contributed by atoms with Gasteiger partial charge >= 0.3 is 12.1 Å². The van der Waals surface area contributed by atoms with Crippen LogP contribution in [0.3, 0.4) is 0 Å². The number of ether oxygens (including phenoxy) is 1. The van der Waals surface area contributed by atoms with Crippen LogP contribution in [0.4, 0.5) is 24.5 Å². The van der Waals surface area contributed by atoms with Crippen LogP contribution in [0, 0.1) is 11.8 Å². The molecule has 3 aromatic rings. The largest absolute Gasteiger partial charge is 0.481 e. The molecule has 2 aliphatic rings. The number of fused-ring (bicyclic) bond motifs is 1. The van der Waals surface area contributed by atoms with Gasteiger partial charge in [0.05, 0.1) is 30.0 Å². The minimum Gasteiger partial charge on any atom is -0.481 e. The number of aliphatic carboxylic acids is 1. The predicted molar refractivity (Wildman–Crippen MR) is 122 cm³/mol. The molecule has 1 aromatic heterocycles. The molecule has 34 heavy (non-hydrogen) atoms. The van der Waals surface area contributed by atoms with Crippen molar-refractivity contribution < 1.29 is 27.8 Å². The number of pyridine rings is 1. The lowest BCUT2D eigenvalue weighted by atomic mass is 10.0. The predicted octanol–water partition coefficient (Wildman–Crippen LogP) is 6.14. The normalized spacial score (nSPS) is 19.9. The molecule has 178 valence electrons. The Labute approximate surface area is 195 Å². The van der Waals surface area contributed by atoms with Crippen LogP contribution in [0.5, 0.6) is 0 Å². The van der Waals surface area contributed by atoms with Crippen molar-refractivity contribution in [1.82, 2.24) is 4.98 Å². The van der Waals surface area contributed by atoms with Crippen molar-refractivity contribution in [2.24, 2.45) is 11.8 Å². The zero-order chi connectivity index (χ0) is 24.0. The van der Waals surface area contributed by atoms with Gasteiger partial charge in [0, 0.05) is 41.9 Å². The van der Waals surface area contributed by atoms with E-state index in [0.717, 1.165) is 35.9 Å². The third-order valence-electron chi connectivity index (χ3n) is 6.69. The molecule has 5 nitrogen and oxygen atoms in total. The van der Waals surface area contributed by atoms with Crippen molar-refractivity contribution in [3.63, 3.8) is 0 Å². The van der Waals surface area contributed by atoms with E-state index in [0.29, 0.717) is 30.0 Å². The Morgan fingerprint density at radius 2 is 1.91 bits per heavy atom. The number of benzene rings is 2. The smallest absolute Gasteiger partial charge is 0.417 e. The highest BCUT2D eigenvalue weighted by atomic mass is 19.4. The molecule has 2 atom stereocenters. The van der Waals surface area contributed by atoms with Crippen molar-refractivity contribution in [2.75, 3.05) is 18.6 Å². The maximum Gasteiger partial charge on any atom is 0.417 e. The number of methoxy groups -OCH3 is 1. The van der Waals surface area contributed by atoms with Crippen molar-refractivity contribution in [1.29, 1.82) is 0 Å². The van der Waals surface area contributed by atoms with Gasteiger partial charge in [-0.2, -0.15) is 13.2 Å². The second-order valence-corrected chi connectivity index (χ2v) is 9.19. The number of carbonyl (C=O) groups is 1. The highest BCUT2D eigenvalue weighted by molar-refractivity contribution is 5.98. The van der Waals surface area contributed by atoms with Gasteiger partial charge < -0.3 is 14.7 Å². The third kappa shape index (κ3) is 4.34. The van der Waals surface area contributed by atoms with Gasteiger partial charge in [-0.1, -0.05) is 24.3 Å². The SMILES string of the molecule is COCc1cc(N(CC2CC2)c2ccc(C(F)(F)F)c3ccccc23)cnc1C1CC1C(=O)O. The van der Waals surface area contributed by atoms with Gasteiger partial charge in [-0.15, -0.1) is 0 Å². The second kappa shape index (κ2) is 8.58. The molecule has 0 saturated heterocycles. The topological polar surface area (TPSA) is 62.7 Å². The number of halogens is 3. The maximum absolute atomic E-state index is 13.7. The van der Waals surface area contributed by atoms with Gasteiger partial charge in [0.1, 0.15) is 0 Å². The summed E-state index contributed by atoms with van der Waals surface area (Å²) in [5.74, 6) is -0.937. The van der Waals surface area contributed by atoms with Crippen LogP contribution in [0.25, 0.3) is 10.8 Å². The van der Waals surface area contributed by atoms with Crippen molar-refractivity contribution >= 4 is 28.1 Å². The lowest BCUT2D eigenvalue weighted by Gasteiger charge is -2.28. The number of hydrogen-bond acceptors (Lipinski definition) is 4. The van der Waals surface area contributed by atoms with Gasteiger partial charge in [0.25, 0.3) is 0 Å². The number of carboxylic acids is 1. The summed E-state index contributed by atoms with van der Waals surface area (Å²) in [7, 11) is 1.57. The molecule has 2 fully saturated rings. The third-order valence-corrected chi connectivity index (χ3v) is 6.69. The van der Waals surface area contributed by atoms with Crippen molar-refractivity contribution in [2.45, 2.75) is 38.0 Å². The minimum atomic E-state index is -4.45. The molecule has 0 aliphatic heterocycles. The Balaban J connectivity index is 1.60. The highest BCUT2D eigenvalue weighted by Gasteiger charge is 2.46.